The van der Waals surface area contributed by atoms with E-state index in [-0.39, 0.29) is 17.9 Å². The quantitative estimate of drug-likeness (QED) is 0.603. The van der Waals surface area contributed by atoms with Gasteiger partial charge in [0.15, 0.2) is 0 Å². The van der Waals surface area contributed by atoms with Gasteiger partial charge in [-0.1, -0.05) is 0 Å². The molecule has 1 atom stereocenters. The molecule has 1 amide bonds. The minimum atomic E-state index is 0.169. The first-order chi connectivity index (χ1) is 7.86. The van der Waals surface area contributed by atoms with Crippen molar-refractivity contribution in [3.05, 3.63) is 0 Å². The Kier molecular flexibility index (Phi) is 4.56. The van der Waals surface area contributed by atoms with Crippen molar-refractivity contribution in [3.63, 3.8) is 0 Å². The summed E-state index contributed by atoms with van der Waals surface area (Å²) >= 11 is 0. The van der Waals surface area contributed by atoms with Crippen LogP contribution in [0.5, 0.6) is 0 Å². The molecule has 2 aliphatic heterocycles. The van der Waals surface area contributed by atoms with Gasteiger partial charge in [-0.2, -0.15) is 0 Å². The summed E-state index contributed by atoms with van der Waals surface area (Å²) in [6.07, 6.45) is 2.15. The van der Waals surface area contributed by atoms with Gasteiger partial charge in [-0.25, -0.2) is 0 Å². The molecule has 5 nitrogen and oxygen atoms in total. The van der Waals surface area contributed by atoms with Crippen LogP contribution in [0.2, 0.25) is 0 Å². The van der Waals surface area contributed by atoms with Gasteiger partial charge in [0.2, 0.25) is 5.91 Å². The van der Waals surface area contributed by atoms with Crippen LogP contribution >= 0.6 is 0 Å². The van der Waals surface area contributed by atoms with Crippen LogP contribution in [-0.2, 0) is 14.3 Å². The van der Waals surface area contributed by atoms with E-state index in [4.69, 9.17) is 9.47 Å². The molecule has 0 aromatic carbocycles. The Bertz CT molecular complexity index is 225. The molecule has 0 aromatic heterocycles. The van der Waals surface area contributed by atoms with Crippen LogP contribution in [0.15, 0.2) is 0 Å². The number of nitrogens with one attached hydrogen (secondary N) is 2. The van der Waals surface area contributed by atoms with E-state index < -0.39 is 0 Å². The van der Waals surface area contributed by atoms with Crippen LogP contribution in [0, 0.1) is 5.92 Å². The van der Waals surface area contributed by atoms with Gasteiger partial charge in [0, 0.05) is 32.8 Å². The van der Waals surface area contributed by atoms with E-state index in [2.05, 4.69) is 10.6 Å². The van der Waals surface area contributed by atoms with E-state index in [1.807, 2.05) is 0 Å². The topological polar surface area (TPSA) is 59.6 Å². The van der Waals surface area contributed by atoms with Crippen molar-refractivity contribution in [1.29, 1.82) is 0 Å². The van der Waals surface area contributed by atoms with E-state index in [0.717, 1.165) is 39.1 Å². The highest BCUT2D eigenvalue weighted by Crippen LogP contribution is 2.08. The number of carbonyl (C=O) groups is 1. The second kappa shape index (κ2) is 6.18. The molecule has 0 saturated carbocycles. The average Bonchev–Trinajstić information content (AvgIpc) is 2.67. The fourth-order valence-corrected chi connectivity index (χ4v) is 1.80. The van der Waals surface area contributed by atoms with E-state index in [1.165, 1.54) is 0 Å². The third-order valence-corrected chi connectivity index (χ3v) is 3.01. The Morgan fingerprint density at radius 2 is 2.38 bits per heavy atom. The lowest BCUT2D eigenvalue weighted by atomic mass is 10.0. The second-order valence-electron chi connectivity index (χ2n) is 4.36. The smallest absolute Gasteiger partial charge is 0.225 e. The molecule has 5 heteroatoms. The van der Waals surface area contributed by atoms with Crippen LogP contribution in [0.25, 0.3) is 0 Å². The van der Waals surface area contributed by atoms with Crippen LogP contribution in [0.3, 0.4) is 0 Å². The minimum Gasteiger partial charge on any atom is -0.379 e. The molecule has 2 rings (SSSR count). The van der Waals surface area contributed by atoms with Crippen molar-refractivity contribution in [2.45, 2.75) is 18.9 Å². The fraction of sp³-hybridized carbons (Fsp3) is 0.909. The lowest BCUT2D eigenvalue weighted by molar-refractivity contribution is -0.126. The Labute approximate surface area is 95.9 Å². The predicted octanol–water partition coefficient (Wildman–Crippen LogP) is -0.482. The summed E-state index contributed by atoms with van der Waals surface area (Å²) in [5.41, 5.74) is 0. The number of rotatable bonds is 6. The van der Waals surface area contributed by atoms with Gasteiger partial charge < -0.3 is 20.1 Å². The first kappa shape index (κ1) is 11.8. The molecule has 2 N–H and O–H groups in total. The summed E-state index contributed by atoms with van der Waals surface area (Å²) in [6.45, 7) is 4.60. The van der Waals surface area contributed by atoms with Crippen molar-refractivity contribution in [2.24, 2.45) is 5.92 Å². The highest BCUT2D eigenvalue weighted by Gasteiger charge is 2.24. The van der Waals surface area contributed by atoms with Gasteiger partial charge in [-0.05, 0) is 12.8 Å². The number of carbonyl (C=O) groups excluding carboxylic acids is 1. The maximum atomic E-state index is 11.4. The van der Waals surface area contributed by atoms with Crippen molar-refractivity contribution in [1.82, 2.24) is 10.6 Å². The molecule has 16 heavy (non-hydrogen) atoms. The highest BCUT2D eigenvalue weighted by atomic mass is 16.5. The number of amides is 1. The van der Waals surface area contributed by atoms with E-state index in [9.17, 15) is 4.79 Å². The summed E-state index contributed by atoms with van der Waals surface area (Å²) in [6, 6.07) is 0. The van der Waals surface area contributed by atoms with Crippen molar-refractivity contribution >= 4 is 5.91 Å². The largest absolute Gasteiger partial charge is 0.379 e. The van der Waals surface area contributed by atoms with Gasteiger partial charge >= 0.3 is 0 Å². The maximum absolute atomic E-state index is 11.4. The summed E-state index contributed by atoms with van der Waals surface area (Å²) in [4.78, 5) is 11.4. The molecule has 2 fully saturated rings. The molecule has 0 bridgehead atoms. The Morgan fingerprint density at radius 3 is 3.00 bits per heavy atom. The molecule has 2 aliphatic rings. The SMILES string of the molecule is O=C(NCCCOC1CCOC1)C1CNC1. The van der Waals surface area contributed by atoms with Crippen LogP contribution in [-0.4, -0.2) is 51.5 Å². The summed E-state index contributed by atoms with van der Waals surface area (Å²) < 4.78 is 10.8. The Hall–Kier alpha value is -0.650. The summed E-state index contributed by atoms with van der Waals surface area (Å²) in [5, 5.41) is 6.00. The number of hydrogen-bond acceptors (Lipinski definition) is 4. The molecule has 1 unspecified atom stereocenters. The highest BCUT2D eigenvalue weighted by molar-refractivity contribution is 5.79. The normalized spacial score (nSPS) is 25.4. The lowest BCUT2D eigenvalue weighted by Gasteiger charge is -2.25. The molecule has 2 heterocycles. The van der Waals surface area contributed by atoms with Crippen molar-refractivity contribution < 1.29 is 14.3 Å². The van der Waals surface area contributed by atoms with Gasteiger partial charge in [-0.15, -0.1) is 0 Å². The third-order valence-electron chi connectivity index (χ3n) is 3.01. The van der Waals surface area contributed by atoms with Gasteiger partial charge in [-0.3, -0.25) is 4.79 Å². The molecule has 0 radical (unpaired) electrons. The van der Waals surface area contributed by atoms with Crippen LogP contribution in [0.1, 0.15) is 12.8 Å². The molecule has 0 spiro atoms. The number of hydrogen-bond donors (Lipinski definition) is 2. The van der Waals surface area contributed by atoms with Crippen molar-refractivity contribution in [3.8, 4) is 0 Å². The standard InChI is InChI=1S/C11H20N2O3/c14-11(9-6-12-7-9)13-3-1-4-16-10-2-5-15-8-10/h9-10,12H,1-8H2,(H,13,14). The van der Waals surface area contributed by atoms with E-state index in [1.54, 1.807) is 0 Å². The van der Waals surface area contributed by atoms with E-state index in [0.29, 0.717) is 13.2 Å². The second-order valence-corrected chi connectivity index (χ2v) is 4.36. The molecule has 0 aromatic rings. The zero-order valence-electron chi connectivity index (χ0n) is 9.54. The third kappa shape index (κ3) is 3.43. The first-order valence-electron chi connectivity index (χ1n) is 6.04. The first-order valence-corrected chi connectivity index (χ1v) is 6.04. The fourth-order valence-electron chi connectivity index (χ4n) is 1.80. The van der Waals surface area contributed by atoms with Gasteiger partial charge in [0.05, 0.1) is 18.6 Å². The molecule has 0 aliphatic carbocycles. The zero-order valence-corrected chi connectivity index (χ0v) is 9.54. The summed E-state index contributed by atoms with van der Waals surface area (Å²) in [7, 11) is 0. The van der Waals surface area contributed by atoms with E-state index >= 15 is 0 Å². The maximum Gasteiger partial charge on any atom is 0.225 e. The van der Waals surface area contributed by atoms with Gasteiger partial charge in [0.1, 0.15) is 0 Å². The number of ether oxygens (including phenoxy) is 2. The van der Waals surface area contributed by atoms with Crippen LogP contribution < -0.4 is 10.6 Å². The predicted molar refractivity (Wildman–Crippen MR) is 59.2 cm³/mol. The van der Waals surface area contributed by atoms with Crippen molar-refractivity contribution in [2.75, 3.05) is 39.5 Å². The lowest BCUT2D eigenvalue weighted by Crippen LogP contribution is -2.50. The zero-order chi connectivity index (χ0) is 11.2. The Morgan fingerprint density at radius 1 is 1.50 bits per heavy atom. The Balaban J connectivity index is 1.43. The average molecular weight is 228 g/mol. The van der Waals surface area contributed by atoms with Crippen LogP contribution in [0.4, 0.5) is 0 Å². The molecule has 92 valence electrons. The molecular weight excluding hydrogens is 208 g/mol. The minimum absolute atomic E-state index is 0.169. The molecule has 2 saturated heterocycles. The van der Waals surface area contributed by atoms with Gasteiger partial charge in [0.25, 0.3) is 0 Å². The monoisotopic (exact) mass is 228 g/mol. The molecular formula is C11H20N2O3. The summed E-state index contributed by atoms with van der Waals surface area (Å²) in [5.74, 6) is 0.354.